The summed E-state index contributed by atoms with van der Waals surface area (Å²) in [5, 5.41) is 2.80. The Kier molecular flexibility index (Phi) is 4.56. The molecule has 0 bridgehead atoms. The maximum Gasteiger partial charge on any atom is 0.390 e. The van der Waals surface area contributed by atoms with Crippen molar-refractivity contribution in [1.82, 2.24) is 5.32 Å². The average molecular weight is 256 g/mol. The van der Waals surface area contributed by atoms with E-state index in [2.05, 4.69) is 5.32 Å². The quantitative estimate of drug-likeness (QED) is 0.641. The highest BCUT2D eigenvalue weighted by molar-refractivity contribution is 6.31. The van der Waals surface area contributed by atoms with E-state index in [1.165, 1.54) is 12.1 Å². The summed E-state index contributed by atoms with van der Waals surface area (Å²) < 4.78 is 48.0. The zero-order valence-corrected chi connectivity index (χ0v) is 9.00. The van der Waals surface area contributed by atoms with E-state index in [4.69, 9.17) is 11.6 Å². The van der Waals surface area contributed by atoms with Crippen LogP contribution in [0.2, 0.25) is 5.02 Å². The van der Waals surface area contributed by atoms with E-state index in [1.54, 1.807) is 0 Å². The average Bonchev–Trinajstić information content (AvgIpc) is 2.13. The molecule has 0 fully saturated rings. The van der Waals surface area contributed by atoms with E-state index in [0.29, 0.717) is 5.56 Å². The summed E-state index contributed by atoms with van der Waals surface area (Å²) in [5.74, 6) is -0.468. The lowest BCUT2D eigenvalue weighted by Crippen LogP contribution is -2.21. The molecule has 1 aromatic carbocycles. The minimum atomic E-state index is -4.17. The lowest BCUT2D eigenvalue weighted by molar-refractivity contribution is -0.133. The predicted octanol–water partition coefficient (Wildman–Crippen LogP) is 3.52. The van der Waals surface area contributed by atoms with E-state index >= 15 is 0 Å². The molecular formula is C10H10ClF4N. The molecule has 0 saturated carbocycles. The first kappa shape index (κ1) is 13.3. The second-order valence-electron chi connectivity index (χ2n) is 3.28. The van der Waals surface area contributed by atoms with Crippen LogP contribution in [0, 0.1) is 5.82 Å². The normalized spacial score (nSPS) is 11.8. The highest BCUT2D eigenvalue weighted by atomic mass is 35.5. The van der Waals surface area contributed by atoms with Crippen LogP contribution in [0.4, 0.5) is 17.6 Å². The molecule has 0 radical (unpaired) electrons. The maximum absolute atomic E-state index is 12.6. The van der Waals surface area contributed by atoms with Gasteiger partial charge in [-0.05, 0) is 17.7 Å². The van der Waals surface area contributed by atoms with Crippen molar-refractivity contribution >= 4 is 11.6 Å². The molecule has 0 spiro atoms. The zero-order valence-electron chi connectivity index (χ0n) is 8.24. The topological polar surface area (TPSA) is 12.0 Å². The molecule has 0 atom stereocenters. The molecule has 0 amide bonds. The standard InChI is InChI=1S/C10H10ClF4N/c11-9-5-8(12)2-1-7(9)6-16-4-3-10(13,14)15/h1-2,5,16H,3-4,6H2. The van der Waals surface area contributed by atoms with Crippen LogP contribution in [0.1, 0.15) is 12.0 Å². The maximum atomic E-state index is 12.6. The highest BCUT2D eigenvalue weighted by Crippen LogP contribution is 2.19. The SMILES string of the molecule is Fc1ccc(CNCCC(F)(F)F)c(Cl)c1. The van der Waals surface area contributed by atoms with Crippen LogP contribution in [-0.2, 0) is 6.54 Å². The van der Waals surface area contributed by atoms with E-state index in [-0.39, 0.29) is 18.1 Å². The first-order valence-electron chi connectivity index (χ1n) is 4.60. The van der Waals surface area contributed by atoms with Gasteiger partial charge in [0, 0.05) is 18.1 Å². The van der Waals surface area contributed by atoms with Gasteiger partial charge in [-0.15, -0.1) is 0 Å². The Morgan fingerprint density at radius 1 is 1.25 bits per heavy atom. The third kappa shape index (κ3) is 4.81. The number of nitrogens with one attached hydrogen (secondary N) is 1. The Hall–Kier alpha value is -0.810. The van der Waals surface area contributed by atoms with Gasteiger partial charge in [-0.25, -0.2) is 4.39 Å². The highest BCUT2D eigenvalue weighted by Gasteiger charge is 2.25. The van der Waals surface area contributed by atoms with Crippen LogP contribution < -0.4 is 5.32 Å². The van der Waals surface area contributed by atoms with Crippen LogP contribution in [0.25, 0.3) is 0 Å². The van der Waals surface area contributed by atoms with Gasteiger partial charge in [-0.3, -0.25) is 0 Å². The Morgan fingerprint density at radius 3 is 2.50 bits per heavy atom. The summed E-state index contributed by atoms with van der Waals surface area (Å²) in [5.41, 5.74) is 0.574. The van der Waals surface area contributed by atoms with Crippen molar-refractivity contribution in [3.05, 3.63) is 34.6 Å². The molecule has 0 aliphatic rings. The summed E-state index contributed by atoms with van der Waals surface area (Å²) in [7, 11) is 0. The van der Waals surface area contributed by atoms with E-state index < -0.39 is 18.4 Å². The van der Waals surface area contributed by atoms with Crippen LogP contribution in [0.15, 0.2) is 18.2 Å². The molecule has 6 heteroatoms. The fourth-order valence-electron chi connectivity index (χ4n) is 1.12. The smallest absolute Gasteiger partial charge is 0.312 e. The van der Waals surface area contributed by atoms with Gasteiger partial charge >= 0.3 is 6.18 Å². The minimum absolute atomic E-state index is 0.183. The van der Waals surface area contributed by atoms with E-state index in [0.717, 1.165) is 6.07 Å². The van der Waals surface area contributed by atoms with Gasteiger partial charge in [0.1, 0.15) is 5.82 Å². The van der Waals surface area contributed by atoms with Crippen molar-refractivity contribution < 1.29 is 17.6 Å². The van der Waals surface area contributed by atoms with Gasteiger partial charge in [0.15, 0.2) is 0 Å². The molecule has 1 rings (SSSR count). The number of benzene rings is 1. The van der Waals surface area contributed by atoms with Gasteiger partial charge in [-0.2, -0.15) is 13.2 Å². The first-order chi connectivity index (χ1) is 7.38. The third-order valence-corrected chi connectivity index (χ3v) is 2.27. The fourth-order valence-corrected chi connectivity index (χ4v) is 1.35. The number of hydrogen-bond donors (Lipinski definition) is 1. The second-order valence-corrected chi connectivity index (χ2v) is 3.68. The van der Waals surface area contributed by atoms with Crippen LogP contribution in [0.5, 0.6) is 0 Å². The molecule has 0 unspecified atom stereocenters. The van der Waals surface area contributed by atoms with Crippen molar-refractivity contribution in [3.8, 4) is 0 Å². The Balaban J connectivity index is 2.38. The largest absolute Gasteiger partial charge is 0.390 e. The van der Waals surface area contributed by atoms with Crippen molar-refractivity contribution in [3.63, 3.8) is 0 Å². The Bertz CT molecular complexity index is 351. The van der Waals surface area contributed by atoms with Crippen molar-refractivity contribution in [2.75, 3.05) is 6.54 Å². The third-order valence-electron chi connectivity index (χ3n) is 1.92. The van der Waals surface area contributed by atoms with Crippen molar-refractivity contribution in [2.45, 2.75) is 19.1 Å². The Morgan fingerprint density at radius 2 is 1.94 bits per heavy atom. The molecule has 0 heterocycles. The van der Waals surface area contributed by atoms with Gasteiger partial charge in [0.2, 0.25) is 0 Å². The summed E-state index contributed by atoms with van der Waals surface area (Å²) >= 11 is 5.70. The lowest BCUT2D eigenvalue weighted by Gasteiger charge is -2.08. The molecule has 0 aliphatic carbocycles. The number of rotatable bonds is 4. The molecule has 0 saturated heterocycles. The molecule has 1 aromatic rings. The Labute approximate surface area is 95.4 Å². The fraction of sp³-hybridized carbons (Fsp3) is 0.400. The summed E-state index contributed by atoms with van der Waals surface area (Å²) in [6.07, 6.45) is -5.06. The van der Waals surface area contributed by atoms with Crippen molar-refractivity contribution in [2.24, 2.45) is 0 Å². The van der Waals surface area contributed by atoms with Crippen LogP contribution in [-0.4, -0.2) is 12.7 Å². The second kappa shape index (κ2) is 5.50. The summed E-state index contributed by atoms with van der Waals surface area (Å²) in [6, 6.07) is 3.78. The molecule has 16 heavy (non-hydrogen) atoms. The van der Waals surface area contributed by atoms with Crippen LogP contribution >= 0.6 is 11.6 Å². The lowest BCUT2D eigenvalue weighted by atomic mass is 10.2. The molecule has 0 aromatic heterocycles. The number of alkyl halides is 3. The van der Waals surface area contributed by atoms with Gasteiger partial charge in [0.25, 0.3) is 0 Å². The molecule has 1 N–H and O–H groups in total. The minimum Gasteiger partial charge on any atom is -0.312 e. The van der Waals surface area contributed by atoms with E-state index in [9.17, 15) is 17.6 Å². The van der Waals surface area contributed by atoms with Gasteiger partial charge in [0.05, 0.1) is 6.42 Å². The first-order valence-corrected chi connectivity index (χ1v) is 4.98. The number of halogens is 5. The molecule has 1 nitrogen and oxygen atoms in total. The monoisotopic (exact) mass is 255 g/mol. The van der Waals surface area contributed by atoms with Crippen molar-refractivity contribution in [1.29, 1.82) is 0 Å². The van der Waals surface area contributed by atoms with E-state index in [1.807, 2.05) is 0 Å². The summed E-state index contributed by atoms with van der Waals surface area (Å²) in [6.45, 7) is 0.00635. The zero-order chi connectivity index (χ0) is 12.2. The number of hydrogen-bond acceptors (Lipinski definition) is 1. The van der Waals surface area contributed by atoms with Gasteiger partial charge in [-0.1, -0.05) is 17.7 Å². The molecule has 90 valence electrons. The molecule has 0 aliphatic heterocycles. The van der Waals surface area contributed by atoms with Crippen LogP contribution in [0.3, 0.4) is 0 Å². The summed E-state index contributed by atoms with van der Waals surface area (Å²) in [4.78, 5) is 0. The molecular weight excluding hydrogens is 246 g/mol. The van der Waals surface area contributed by atoms with Gasteiger partial charge < -0.3 is 5.32 Å². The predicted molar refractivity (Wildman–Crippen MR) is 53.8 cm³/mol.